The van der Waals surface area contributed by atoms with Crippen molar-refractivity contribution in [2.24, 2.45) is 11.8 Å². The number of piperidine rings is 1. The lowest BCUT2D eigenvalue weighted by Crippen LogP contribution is -2.39. The van der Waals surface area contributed by atoms with Gasteiger partial charge in [-0.15, -0.1) is 12.8 Å². The summed E-state index contributed by atoms with van der Waals surface area (Å²) in [4.78, 5) is 9.06. The summed E-state index contributed by atoms with van der Waals surface area (Å²) in [5.74, 6) is 6.37. The lowest BCUT2D eigenvalue weighted by Gasteiger charge is -2.26. The van der Waals surface area contributed by atoms with Gasteiger partial charge in [-0.05, 0) is 24.8 Å². The van der Waals surface area contributed by atoms with Crippen LogP contribution in [0.3, 0.4) is 0 Å². The number of allylic oxidation sites excluding steroid dienone is 1. The monoisotopic (exact) mass is 196 g/mol. The molecule has 0 aromatic carbocycles. The quantitative estimate of drug-likeness (QED) is 0.297. The van der Waals surface area contributed by atoms with E-state index in [2.05, 4.69) is 26.3 Å². The molecule has 0 saturated carbocycles. The van der Waals surface area contributed by atoms with Gasteiger partial charge in [-0.3, -0.25) is 10.6 Å². The molecule has 0 aromatic rings. The summed E-state index contributed by atoms with van der Waals surface area (Å²) in [6.45, 7) is 7.53. The van der Waals surface area contributed by atoms with E-state index in [4.69, 9.17) is 10.6 Å². The van der Waals surface area contributed by atoms with Crippen molar-refractivity contribution in [2.75, 3.05) is 13.1 Å². The van der Waals surface area contributed by atoms with Crippen LogP contribution in [0.15, 0.2) is 12.7 Å². The van der Waals surface area contributed by atoms with Crippen LogP contribution in [-0.4, -0.2) is 24.4 Å². The summed E-state index contributed by atoms with van der Waals surface area (Å²) in [6.07, 6.45) is 12.5. The molecule has 1 rings (SSSR count). The second-order valence-corrected chi connectivity index (χ2v) is 3.11. The zero-order valence-corrected chi connectivity index (χ0v) is 8.86. The largest absolute Gasteiger partial charge is 0.299 e. The molecule has 0 aliphatic carbocycles. The van der Waals surface area contributed by atoms with Crippen molar-refractivity contribution in [3.8, 4) is 12.8 Å². The van der Waals surface area contributed by atoms with Crippen LogP contribution >= 0.6 is 0 Å². The van der Waals surface area contributed by atoms with Crippen molar-refractivity contribution in [2.45, 2.75) is 19.8 Å². The molecule has 2 N–H and O–H groups in total. The van der Waals surface area contributed by atoms with Gasteiger partial charge in [0, 0.05) is 13.1 Å². The topological polar surface area (TPSA) is 46.3 Å². The summed E-state index contributed by atoms with van der Waals surface area (Å²) in [5, 5.41) is 1.91. The van der Waals surface area contributed by atoms with Crippen LogP contribution < -0.4 is 5.84 Å². The van der Waals surface area contributed by atoms with E-state index >= 15 is 0 Å². The lowest BCUT2D eigenvalue weighted by atomic mass is 10.0. The Hall–Kier alpha value is -1.11. The summed E-state index contributed by atoms with van der Waals surface area (Å²) in [5.41, 5.74) is 0. The number of hydrazine groups is 1. The van der Waals surface area contributed by atoms with Gasteiger partial charge >= 0.3 is 0 Å². The van der Waals surface area contributed by atoms with Crippen LogP contribution in [-0.2, 0) is 4.79 Å². The second kappa shape index (κ2) is 11.9. The van der Waals surface area contributed by atoms with Crippen LogP contribution in [0.25, 0.3) is 0 Å². The van der Waals surface area contributed by atoms with Gasteiger partial charge < -0.3 is 0 Å². The Morgan fingerprint density at radius 1 is 1.57 bits per heavy atom. The molecule has 3 nitrogen and oxygen atoms in total. The summed E-state index contributed by atoms with van der Waals surface area (Å²) >= 11 is 0. The van der Waals surface area contributed by atoms with Crippen LogP contribution in [0.4, 0.5) is 0 Å². The van der Waals surface area contributed by atoms with Gasteiger partial charge in [-0.1, -0.05) is 13.5 Å². The Morgan fingerprint density at radius 2 is 2.07 bits per heavy atom. The molecule has 0 amide bonds. The number of nitrogens with two attached hydrogens (primary N) is 1. The predicted octanol–water partition coefficient (Wildman–Crippen LogP) is 1.21. The molecule has 1 aliphatic heterocycles. The fourth-order valence-electron chi connectivity index (χ4n) is 1.23. The first kappa shape index (κ1) is 15.4. The minimum absolute atomic E-state index is 0.639. The number of carbonyl (C=O) groups is 1. The number of hydrogen-bond donors (Lipinski definition) is 1. The predicted molar refractivity (Wildman–Crippen MR) is 60.3 cm³/mol. The van der Waals surface area contributed by atoms with Gasteiger partial charge in [0.25, 0.3) is 0 Å². The first-order valence-corrected chi connectivity index (χ1v) is 4.60. The van der Waals surface area contributed by atoms with E-state index in [1.807, 2.05) is 5.01 Å². The van der Waals surface area contributed by atoms with Crippen LogP contribution in [0.5, 0.6) is 0 Å². The Morgan fingerprint density at radius 3 is 2.29 bits per heavy atom. The number of rotatable bonds is 1. The first-order valence-electron chi connectivity index (χ1n) is 4.60. The maximum atomic E-state index is 9.06. The highest BCUT2D eigenvalue weighted by molar-refractivity contribution is 5.63. The van der Waals surface area contributed by atoms with Crippen LogP contribution in [0.1, 0.15) is 19.8 Å². The minimum Gasteiger partial charge on any atom is -0.299 e. The van der Waals surface area contributed by atoms with E-state index in [0.29, 0.717) is 6.29 Å². The molecule has 0 bridgehead atoms. The molecule has 3 heteroatoms. The van der Waals surface area contributed by atoms with E-state index in [0.717, 1.165) is 19.0 Å². The molecule has 1 aliphatic rings. The smallest absolute Gasteiger partial charge is 0.142 e. The summed E-state index contributed by atoms with van der Waals surface area (Å²) < 4.78 is 0. The van der Waals surface area contributed by atoms with Gasteiger partial charge in [0.05, 0.1) is 0 Å². The lowest BCUT2D eigenvalue weighted by molar-refractivity contribution is -0.104. The molecule has 1 atom stereocenters. The summed E-state index contributed by atoms with van der Waals surface area (Å²) in [6, 6.07) is 0. The number of carbonyl (C=O) groups excluding carboxylic acids is 1. The Labute approximate surface area is 86.9 Å². The highest BCUT2D eigenvalue weighted by Crippen LogP contribution is 2.11. The fourth-order valence-corrected chi connectivity index (χ4v) is 1.23. The molecule has 80 valence electrons. The Kier molecular flexibility index (Phi) is 13.1. The van der Waals surface area contributed by atoms with E-state index < -0.39 is 0 Å². The maximum Gasteiger partial charge on any atom is 0.142 e. The normalized spacial score (nSPS) is 20.4. The molecule has 0 aromatic heterocycles. The Balaban J connectivity index is 0. The maximum absolute atomic E-state index is 9.06. The third-order valence-corrected chi connectivity index (χ3v) is 1.78. The Bertz CT molecular complexity index is 152. The molecular formula is C11H20N2O. The number of hydrogen-bond acceptors (Lipinski definition) is 3. The zero-order chi connectivity index (χ0) is 11.4. The van der Waals surface area contributed by atoms with Crippen molar-refractivity contribution in [3.63, 3.8) is 0 Å². The van der Waals surface area contributed by atoms with Crippen molar-refractivity contribution in [1.82, 2.24) is 5.01 Å². The second-order valence-electron chi connectivity index (χ2n) is 3.11. The number of terminal acetylenes is 1. The van der Waals surface area contributed by atoms with Gasteiger partial charge in [0.2, 0.25) is 0 Å². The number of aldehydes is 1. The third-order valence-electron chi connectivity index (χ3n) is 1.78. The summed E-state index contributed by atoms with van der Waals surface area (Å²) in [7, 11) is 0. The van der Waals surface area contributed by atoms with Crippen LogP contribution in [0.2, 0.25) is 0 Å². The minimum atomic E-state index is 0.639. The molecular weight excluding hydrogens is 176 g/mol. The third kappa shape index (κ3) is 10.9. The van der Waals surface area contributed by atoms with Gasteiger partial charge in [0.15, 0.2) is 0 Å². The van der Waals surface area contributed by atoms with Gasteiger partial charge in [0.1, 0.15) is 6.29 Å². The molecule has 1 unspecified atom stereocenters. The van der Waals surface area contributed by atoms with Crippen LogP contribution in [0, 0.1) is 18.8 Å². The SMILES string of the molecule is C#C.C=CC=O.CC1CCCN(N)C1. The zero-order valence-electron chi connectivity index (χ0n) is 8.86. The van der Waals surface area contributed by atoms with Gasteiger partial charge in [-0.25, -0.2) is 5.01 Å². The van der Waals surface area contributed by atoms with Crippen molar-refractivity contribution < 1.29 is 4.79 Å². The van der Waals surface area contributed by atoms with E-state index in [1.54, 1.807) is 0 Å². The standard InChI is InChI=1S/C6H14N2.C3H4O.C2H2/c1-6-3-2-4-8(7)5-6;1-2-3-4;1-2/h6H,2-5,7H2,1H3;2-3H,1H2;1-2H. The van der Waals surface area contributed by atoms with Crippen molar-refractivity contribution in [3.05, 3.63) is 12.7 Å². The van der Waals surface area contributed by atoms with Gasteiger partial charge in [-0.2, -0.15) is 0 Å². The molecule has 0 spiro atoms. The average Bonchev–Trinajstić information content (AvgIpc) is 2.21. The highest BCUT2D eigenvalue weighted by atomic mass is 16.1. The average molecular weight is 196 g/mol. The molecule has 0 radical (unpaired) electrons. The highest BCUT2D eigenvalue weighted by Gasteiger charge is 2.11. The van der Waals surface area contributed by atoms with E-state index in [9.17, 15) is 0 Å². The first-order chi connectivity index (χ1) is 6.70. The van der Waals surface area contributed by atoms with E-state index in [1.165, 1.54) is 18.9 Å². The molecule has 1 saturated heterocycles. The van der Waals surface area contributed by atoms with Crippen molar-refractivity contribution in [1.29, 1.82) is 0 Å². The number of nitrogens with zero attached hydrogens (tertiary/aromatic N) is 1. The van der Waals surface area contributed by atoms with E-state index in [-0.39, 0.29) is 0 Å². The van der Waals surface area contributed by atoms with Crippen molar-refractivity contribution >= 4 is 6.29 Å². The molecule has 1 fully saturated rings. The molecule has 1 heterocycles. The fraction of sp³-hybridized carbons (Fsp3) is 0.545. The molecule has 14 heavy (non-hydrogen) atoms.